The lowest BCUT2D eigenvalue weighted by molar-refractivity contribution is -0.139. The van der Waals surface area contributed by atoms with Crippen molar-refractivity contribution in [1.29, 1.82) is 0 Å². The second-order valence-corrected chi connectivity index (χ2v) is 8.29. The first-order chi connectivity index (χ1) is 17.8. The Labute approximate surface area is 210 Å². The van der Waals surface area contributed by atoms with Crippen LogP contribution in [0.25, 0.3) is 0 Å². The molecule has 5 rings (SSSR count). The van der Waals surface area contributed by atoms with Crippen molar-refractivity contribution >= 4 is 29.1 Å². The summed E-state index contributed by atoms with van der Waals surface area (Å²) in [6.07, 6.45) is 0. The highest BCUT2D eigenvalue weighted by Gasteiger charge is 2.42. The molecule has 0 aromatic heterocycles. The summed E-state index contributed by atoms with van der Waals surface area (Å²) in [5, 5.41) is 23.2. The molecule has 1 heterocycles. The van der Waals surface area contributed by atoms with E-state index in [0.29, 0.717) is 17.0 Å². The highest BCUT2D eigenvalue weighted by atomic mass is 16.5. The van der Waals surface area contributed by atoms with E-state index < -0.39 is 34.9 Å². The van der Waals surface area contributed by atoms with Crippen LogP contribution in [-0.2, 0) is 16.1 Å². The minimum absolute atomic E-state index is 0.113. The zero-order valence-electron chi connectivity index (χ0n) is 19.5. The molecular weight excluding hydrogens is 480 g/mol. The van der Waals surface area contributed by atoms with Gasteiger partial charge in [0.25, 0.3) is 5.91 Å². The number of fused-ring (bicyclic) bond motifs is 2. The number of nitrogens with zero attached hydrogens (tertiary/aromatic N) is 1. The fourth-order valence-electron chi connectivity index (χ4n) is 4.26. The molecule has 0 saturated carbocycles. The van der Waals surface area contributed by atoms with E-state index in [4.69, 9.17) is 4.74 Å². The maximum atomic E-state index is 13.7. The van der Waals surface area contributed by atoms with Crippen molar-refractivity contribution < 1.29 is 38.9 Å². The standard InChI is InChI=1S/C27H20N2O8/c1-36-20(32)12-28-27(35)14-6-8-16(9-7-14)29-13-15-4-2-3-5-19(15)37-26-23(29)24(33)21-17(30)10-11-18(31)22(21)25(26)34/h2-11,30-31H,12-13H2,1H3,(H,28,35). The van der Waals surface area contributed by atoms with Gasteiger partial charge in [0.05, 0.1) is 24.8 Å². The molecule has 37 heavy (non-hydrogen) atoms. The van der Waals surface area contributed by atoms with Gasteiger partial charge in [-0.25, -0.2) is 0 Å². The van der Waals surface area contributed by atoms with Crippen molar-refractivity contribution in [3.05, 3.63) is 94.4 Å². The summed E-state index contributed by atoms with van der Waals surface area (Å²) in [7, 11) is 1.21. The Morgan fingerprint density at radius 2 is 1.59 bits per heavy atom. The molecule has 3 aromatic carbocycles. The highest BCUT2D eigenvalue weighted by Crippen LogP contribution is 2.42. The number of anilines is 1. The number of esters is 1. The van der Waals surface area contributed by atoms with E-state index in [0.717, 1.165) is 12.1 Å². The van der Waals surface area contributed by atoms with Gasteiger partial charge in [0.15, 0.2) is 0 Å². The van der Waals surface area contributed by atoms with Gasteiger partial charge in [0.1, 0.15) is 29.5 Å². The van der Waals surface area contributed by atoms with Crippen LogP contribution >= 0.6 is 0 Å². The minimum Gasteiger partial charge on any atom is -0.507 e. The number of hydrogen-bond acceptors (Lipinski definition) is 9. The third kappa shape index (κ3) is 4.04. The average Bonchev–Trinajstić information content (AvgIpc) is 3.09. The van der Waals surface area contributed by atoms with Gasteiger partial charge in [0, 0.05) is 16.8 Å². The summed E-state index contributed by atoms with van der Waals surface area (Å²) in [6, 6.07) is 15.4. The molecule has 3 aromatic rings. The smallest absolute Gasteiger partial charge is 0.325 e. The van der Waals surface area contributed by atoms with Crippen LogP contribution in [0.2, 0.25) is 0 Å². The van der Waals surface area contributed by atoms with Crippen LogP contribution in [0.15, 0.2) is 72.1 Å². The van der Waals surface area contributed by atoms with Crippen LogP contribution in [0.4, 0.5) is 5.69 Å². The van der Waals surface area contributed by atoms with E-state index in [2.05, 4.69) is 10.1 Å². The SMILES string of the molecule is COC(=O)CNC(=O)c1ccc(N2Cc3ccccc3OC3=C2C(=O)c2c(O)ccc(O)c2C3=O)cc1. The van der Waals surface area contributed by atoms with E-state index in [1.54, 1.807) is 41.3 Å². The number of methoxy groups -OCH3 is 1. The molecule has 186 valence electrons. The number of aromatic hydroxyl groups is 2. The fourth-order valence-corrected chi connectivity index (χ4v) is 4.26. The molecule has 1 amide bonds. The summed E-state index contributed by atoms with van der Waals surface area (Å²) in [5.74, 6) is -3.37. The predicted octanol–water partition coefficient (Wildman–Crippen LogP) is 2.69. The summed E-state index contributed by atoms with van der Waals surface area (Å²) >= 11 is 0. The fraction of sp³-hybridized carbons (Fsp3) is 0.111. The number of phenols is 2. The quantitative estimate of drug-likeness (QED) is 0.364. The van der Waals surface area contributed by atoms with Crippen LogP contribution in [-0.4, -0.2) is 47.3 Å². The third-order valence-electron chi connectivity index (χ3n) is 6.10. The Kier molecular flexibility index (Phi) is 5.84. The zero-order valence-corrected chi connectivity index (χ0v) is 19.5. The first-order valence-corrected chi connectivity index (χ1v) is 11.2. The van der Waals surface area contributed by atoms with E-state index in [1.165, 1.54) is 19.2 Å². The van der Waals surface area contributed by atoms with Crippen molar-refractivity contribution in [2.75, 3.05) is 18.6 Å². The molecule has 1 aliphatic carbocycles. The molecule has 2 aliphatic rings. The van der Waals surface area contributed by atoms with Gasteiger partial charge in [-0.05, 0) is 42.5 Å². The first-order valence-electron chi connectivity index (χ1n) is 11.2. The summed E-state index contributed by atoms with van der Waals surface area (Å²) in [5.41, 5.74) is 0.629. The lowest BCUT2D eigenvalue weighted by Gasteiger charge is -2.29. The number of allylic oxidation sites excluding steroid dienone is 2. The molecule has 0 radical (unpaired) electrons. The molecule has 0 fully saturated rings. The van der Waals surface area contributed by atoms with Gasteiger partial charge in [-0.2, -0.15) is 0 Å². The Hall–Kier alpha value is -5.12. The predicted molar refractivity (Wildman–Crippen MR) is 130 cm³/mol. The van der Waals surface area contributed by atoms with Gasteiger partial charge >= 0.3 is 5.97 Å². The van der Waals surface area contributed by atoms with Crippen LogP contribution in [0.5, 0.6) is 17.2 Å². The van der Waals surface area contributed by atoms with Crippen LogP contribution in [0, 0.1) is 0 Å². The average molecular weight is 500 g/mol. The van der Waals surface area contributed by atoms with Crippen molar-refractivity contribution in [1.82, 2.24) is 5.32 Å². The molecule has 0 bridgehead atoms. The lowest BCUT2D eigenvalue weighted by Crippen LogP contribution is -2.34. The molecule has 1 aliphatic heterocycles. The van der Waals surface area contributed by atoms with E-state index in [9.17, 15) is 29.4 Å². The molecule has 3 N–H and O–H groups in total. The molecule has 0 spiro atoms. The maximum Gasteiger partial charge on any atom is 0.325 e. The Bertz CT molecular complexity index is 1510. The number of amides is 1. The topological polar surface area (TPSA) is 142 Å². The molecule has 0 atom stereocenters. The van der Waals surface area contributed by atoms with Gasteiger partial charge in [-0.15, -0.1) is 0 Å². The molecule has 0 saturated heterocycles. The van der Waals surface area contributed by atoms with Crippen LogP contribution < -0.4 is 15.0 Å². The Morgan fingerprint density at radius 3 is 2.27 bits per heavy atom. The van der Waals surface area contributed by atoms with Gasteiger partial charge in [0.2, 0.25) is 17.3 Å². The monoisotopic (exact) mass is 500 g/mol. The molecule has 10 heteroatoms. The second-order valence-electron chi connectivity index (χ2n) is 8.29. The number of carbonyl (C=O) groups is 4. The Morgan fingerprint density at radius 1 is 0.946 bits per heavy atom. The molecule has 10 nitrogen and oxygen atoms in total. The minimum atomic E-state index is -0.751. The van der Waals surface area contributed by atoms with Crippen molar-refractivity contribution in [3.63, 3.8) is 0 Å². The summed E-state index contributed by atoms with van der Waals surface area (Å²) in [6.45, 7) is -0.156. The van der Waals surface area contributed by atoms with Crippen molar-refractivity contribution in [2.24, 2.45) is 0 Å². The summed E-state index contributed by atoms with van der Waals surface area (Å²) < 4.78 is 10.5. The number of phenolic OH excluding ortho intramolecular Hbond substituents is 2. The molecule has 0 unspecified atom stereocenters. The van der Waals surface area contributed by atoms with Crippen LogP contribution in [0.1, 0.15) is 36.6 Å². The van der Waals surface area contributed by atoms with Crippen molar-refractivity contribution in [2.45, 2.75) is 6.54 Å². The van der Waals surface area contributed by atoms with E-state index in [1.807, 2.05) is 0 Å². The van der Waals surface area contributed by atoms with E-state index in [-0.39, 0.29) is 41.2 Å². The van der Waals surface area contributed by atoms with Gasteiger partial charge in [-0.3, -0.25) is 19.2 Å². The van der Waals surface area contributed by atoms with Crippen molar-refractivity contribution in [3.8, 4) is 17.2 Å². The number of ether oxygens (including phenoxy) is 2. The largest absolute Gasteiger partial charge is 0.507 e. The maximum absolute atomic E-state index is 13.7. The van der Waals surface area contributed by atoms with E-state index >= 15 is 0 Å². The normalized spacial score (nSPS) is 14.1. The highest BCUT2D eigenvalue weighted by molar-refractivity contribution is 6.29. The Balaban J connectivity index is 1.59. The van der Waals surface area contributed by atoms with Gasteiger partial charge in [-0.1, -0.05) is 18.2 Å². The second kappa shape index (κ2) is 9.15. The molecular formula is C27H20N2O8. The number of ketones is 2. The summed E-state index contributed by atoms with van der Waals surface area (Å²) in [4.78, 5) is 52.4. The number of nitrogens with one attached hydrogen (secondary N) is 1. The lowest BCUT2D eigenvalue weighted by atomic mass is 9.89. The van der Waals surface area contributed by atoms with Gasteiger partial charge < -0.3 is 29.9 Å². The zero-order chi connectivity index (χ0) is 26.3. The van der Waals surface area contributed by atoms with Crippen LogP contribution in [0.3, 0.4) is 0 Å². The third-order valence-corrected chi connectivity index (χ3v) is 6.10. The number of hydrogen-bond donors (Lipinski definition) is 3. The number of carbonyl (C=O) groups excluding carboxylic acids is 4. The first kappa shape index (κ1) is 23.6. The number of Topliss-reactive ketones (excluding diaryl/α,β-unsaturated/α-hetero) is 2. The number of rotatable bonds is 4. The number of benzene rings is 3. The number of para-hydroxylation sites is 1.